The maximum absolute atomic E-state index is 5.13. The molecule has 0 amide bonds. The van der Waals surface area contributed by atoms with Gasteiger partial charge in [-0.25, -0.2) is 0 Å². The Morgan fingerprint density at radius 2 is 1.83 bits per heavy atom. The highest BCUT2D eigenvalue weighted by Crippen LogP contribution is 2.24. The minimum Gasteiger partial charge on any atom is -0.428 e. The Morgan fingerprint density at radius 1 is 1.17 bits per heavy atom. The lowest BCUT2D eigenvalue weighted by atomic mass is 9.47. The zero-order valence-electron chi connectivity index (χ0n) is 12.5. The maximum Gasteiger partial charge on any atom is 0.220 e. The summed E-state index contributed by atoms with van der Waals surface area (Å²) in [6.07, 6.45) is 7.69. The van der Waals surface area contributed by atoms with Crippen molar-refractivity contribution in [3.05, 3.63) is 35.5 Å². The fraction of sp³-hybridized carbons (Fsp3) is 0.571. The van der Waals surface area contributed by atoms with Crippen LogP contribution in [0.15, 0.2) is 34.0 Å². The van der Waals surface area contributed by atoms with Crippen LogP contribution in [0.3, 0.4) is 0 Å². The first kappa shape index (κ1) is 16.7. The third-order valence-electron chi connectivity index (χ3n) is 2.44. The number of hydrogen-bond acceptors (Lipinski definition) is 3. The smallest absolute Gasteiger partial charge is 0.220 e. The molecule has 0 radical (unpaired) electrons. The zero-order valence-corrected chi connectivity index (χ0v) is 12.5. The maximum atomic E-state index is 5.13. The molecule has 0 aromatic carbocycles. The summed E-state index contributed by atoms with van der Waals surface area (Å²) in [5.74, 6) is 0.699. The van der Waals surface area contributed by atoms with Crippen LogP contribution in [-0.4, -0.2) is 16.9 Å². The fourth-order valence-electron chi connectivity index (χ4n) is 1.79. The molecule has 0 fully saturated rings. The van der Waals surface area contributed by atoms with Crippen molar-refractivity contribution < 1.29 is 4.42 Å². The van der Waals surface area contributed by atoms with Crippen LogP contribution in [0.25, 0.3) is 0 Å². The minimum atomic E-state index is 0.576. The molecule has 1 aliphatic carbocycles. The molecule has 2 rings (SSSR count). The summed E-state index contributed by atoms with van der Waals surface area (Å²) in [5.41, 5.74) is 2.76. The van der Waals surface area contributed by atoms with Gasteiger partial charge in [-0.3, -0.25) is 0 Å². The quantitative estimate of drug-likeness (QED) is 0.752. The summed E-state index contributed by atoms with van der Waals surface area (Å²) in [7, 11) is 0. The van der Waals surface area contributed by atoms with Crippen molar-refractivity contribution in [2.45, 2.75) is 54.2 Å². The number of hydrogen-bond donors (Lipinski definition) is 0. The Bertz CT molecular complexity index is 367. The molecule has 0 atom stereocenters. The summed E-state index contributed by atoms with van der Waals surface area (Å²) in [4.78, 5) is 0. The van der Waals surface area contributed by atoms with Gasteiger partial charge in [0, 0.05) is 0 Å². The number of aromatic nitrogens is 2. The number of nitrogens with zero attached hydrogens (tertiary/aromatic N) is 2. The average Bonchev–Trinajstić information content (AvgIpc) is 3.06. The van der Waals surface area contributed by atoms with E-state index >= 15 is 0 Å². The van der Waals surface area contributed by atoms with E-state index < -0.39 is 0 Å². The van der Waals surface area contributed by atoms with Gasteiger partial charge in [0.1, 0.15) is 0 Å². The molecule has 1 aromatic heterocycles. The summed E-state index contributed by atoms with van der Waals surface area (Å²) in [5, 5.41) is 7.56. The van der Waals surface area contributed by atoms with E-state index in [0.29, 0.717) is 12.6 Å². The Kier molecular flexibility index (Phi) is 8.98. The van der Waals surface area contributed by atoms with E-state index in [9.17, 15) is 0 Å². The second-order valence-electron chi connectivity index (χ2n) is 3.79. The molecule has 3 nitrogen and oxygen atoms in total. The van der Waals surface area contributed by atoms with Gasteiger partial charge in [-0.2, -0.15) is 0 Å². The average molecular weight is 248 g/mol. The molecule has 0 aliphatic heterocycles. The molecule has 0 spiro atoms. The summed E-state index contributed by atoms with van der Waals surface area (Å²) in [6, 6.07) is 0. The number of rotatable bonds is 3. The number of allylic oxidation sites excluding steroid dienone is 4. The van der Waals surface area contributed by atoms with E-state index in [1.807, 2.05) is 27.7 Å². The standard InChI is InChI=1S/C10H13BN2O.2C2H6/c1-11(2)9-5-3-4-8(9)6-10-13-12-7-14-10;2*1-2/h4-5,7H,3,6H2,1-2H3;2*1-2H3. The van der Waals surface area contributed by atoms with Crippen molar-refractivity contribution in [3.8, 4) is 0 Å². The van der Waals surface area contributed by atoms with E-state index in [-0.39, 0.29) is 0 Å². The van der Waals surface area contributed by atoms with Crippen LogP contribution in [0, 0.1) is 0 Å². The molecular weight excluding hydrogens is 223 g/mol. The van der Waals surface area contributed by atoms with Crippen LogP contribution < -0.4 is 0 Å². The molecule has 0 N–H and O–H groups in total. The first-order valence-electron chi connectivity index (χ1n) is 6.92. The molecule has 1 aliphatic rings. The highest BCUT2D eigenvalue weighted by Gasteiger charge is 2.17. The third kappa shape index (κ3) is 4.90. The van der Waals surface area contributed by atoms with Crippen molar-refractivity contribution in [2.75, 3.05) is 0 Å². The lowest BCUT2D eigenvalue weighted by Crippen LogP contribution is -2.08. The SMILES string of the molecule is CB(C)C1=CCC=C1Cc1nnco1.CC.CC. The highest BCUT2D eigenvalue weighted by atomic mass is 16.4. The Morgan fingerprint density at radius 3 is 2.33 bits per heavy atom. The normalized spacial score (nSPS) is 12.6. The van der Waals surface area contributed by atoms with Crippen molar-refractivity contribution in [2.24, 2.45) is 0 Å². The van der Waals surface area contributed by atoms with Crippen LogP contribution in [0.5, 0.6) is 0 Å². The molecule has 18 heavy (non-hydrogen) atoms. The molecule has 0 saturated carbocycles. The van der Waals surface area contributed by atoms with Crippen LogP contribution in [0.1, 0.15) is 40.0 Å². The van der Waals surface area contributed by atoms with Crippen LogP contribution in [0.4, 0.5) is 0 Å². The van der Waals surface area contributed by atoms with Crippen LogP contribution in [0.2, 0.25) is 13.6 Å². The molecule has 100 valence electrons. The van der Waals surface area contributed by atoms with Gasteiger partial charge in [0.05, 0.1) is 6.42 Å². The molecule has 1 heterocycles. The fourth-order valence-corrected chi connectivity index (χ4v) is 1.79. The lowest BCUT2D eigenvalue weighted by molar-refractivity contribution is 0.504. The predicted molar refractivity (Wildman–Crippen MR) is 79.0 cm³/mol. The van der Waals surface area contributed by atoms with Gasteiger partial charge in [0.15, 0.2) is 6.71 Å². The van der Waals surface area contributed by atoms with Gasteiger partial charge in [0.25, 0.3) is 0 Å². The second-order valence-corrected chi connectivity index (χ2v) is 3.79. The second kappa shape index (κ2) is 9.69. The molecule has 0 unspecified atom stereocenters. The summed E-state index contributed by atoms with van der Waals surface area (Å²) in [6.45, 7) is 13.0. The molecule has 4 heteroatoms. The van der Waals surface area contributed by atoms with E-state index in [4.69, 9.17) is 4.42 Å². The van der Waals surface area contributed by atoms with Crippen molar-refractivity contribution >= 4 is 6.71 Å². The van der Waals surface area contributed by atoms with E-state index in [0.717, 1.165) is 12.8 Å². The van der Waals surface area contributed by atoms with Gasteiger partial charge in [-0.1, -0.05) is 59.0 Å². The Balaban J connectivity index is 0.000000659. The molecular formula is C14H25BN2O. The molecule has 0 bridgehead atoms. The Hall–Kier alpha value is -1.32. The molecule has 1 aromatic rings. The van der Waals surface area contributed by atoms with Crippen molar-refractivity contribution in [3.63, 3.8) is 0 Å². The third-order valence-corrected chi connectivity index (χ3v) is 2.44. The van der Waals surface area contributed by atoms with Gasteiger partial charge in [-0.05, 0) is 12.0 Å². The van der Waals surface area contributed by atoms with Crippen LogP contribution >= 0.6 is 0 Å². The van der Waals surface area contributed by atoms with E-state index in [2.05, 4.69) is 36.0 Å². The predicted octanol–water partition coefficient (Wildman–Crippen LogP) is 4.21. The van der Waals surface area contributed by atoms with Crippen LogP contribution in [-0.2, 0) is 6.42 Å². The van der Waals surface area contributed by atoms with Gasteiger partial charge >= 0.3 is 0 Å². The van der Waals surface area contributed by atoms with Gasteiger partial charge < -0.3 is 4.42 Å². The van der Waals surface area contributed by atoms with Crippen molar-refractivity contribution in [1.82, 2.24) is 10.2 Å². The van der Waals surface area contributed by atoms with Gasteiger partial charge in [0.2, 0.25) is 12.3 Å². The molecule has 0 saturated heterocycles. The first-order chi connectivity index (χ1) is 8.77. The van der Waals surface area contributed by atoms with E-state index in [1.54, 1.807) is 0 Å². The largest absolute Gasteiger partial charge is 0.428 e. The highest BCUT2D eigenvalue weighted by molar-refractivity contribution is 6.65. The lowest BCUT2D eigenvalue weighted by Gasteiger charge is -2.07. The summed E-state index contributed by atoms with van der Waals surface area (Å²) < 4.78 is 5.13. The zero-order chi connectivity index (χ0) is 14.0. The minimum absolute atomic E-state index is 0.576. The van der Waals surface area contributed by atoms with Gasteiger partial charge in [-0.15, -0.1) is 10.2 Å². The Labute approximate surface area is 111 Å². The summed E-state index contributed by atoms with van der Waals surface area (Å²) >= 11 is 0. The first-order valence-corrected chi connectivity index (χ1v) is 6.92. The topological polar surface area (TPSA) is 38.9 Å². The monoisotopic (exact) mass is 248 g/mol. The van der Waals surface area contributed by atoms with Crippen molar-refractivity contribution in [1.29, 1.82) is 0 Å². The van der Waals surface area contributed by atoms with E-state index in [1.165, 1.54) is 17.4 Å².